The molecule has 0 spiro atoms. The van der Waals surface area contributed by atoms with Gasteiger partial charge >= 0.3 is 5.97 Å². The maximum atomic E-state index is 11.3. The molecule has 3 nitrogen and oxygen atoms in total. The third-order valence-electron chi connectivity index (χ3n) is 3.52. The van der Waals surface area contributed by atoms with E-state index in [0.717, 1.165) is 25.4 Å². The molecule has 15 heavy (non-hydrogen) atoms. The highest BCUT2D eigenvalue weighted by molar-refractivity contribution is 5.78. The van der Waals surface area contributed by atoms with Gasteiger partial charge in [-0.15, -0.1) is 0 Å². The highest BCUT2D eigenvalue weighted by Gasteiger charge is 2.39. The number of hydrogen-bond acceptors (Lipinski definition) is 2. The van der Waals surface area contributed by atoms with Crippen molar-refractivity contribution >= 4 is 5.97 Å². The molecule has 0 saturated heterocycles. The molecule has 1 rings (SSSR count). The summed E-state index contributed by atoms with van der Waals surface area (Å²) in [6.07, 6.45) is 4.25. The zero-order valence-electron chi connectivity index (χ0n) is 10.1. The van der Waals surface area contributed by atoms with E-state index in [1.807, 2.05) is 13.8 Å². The normalized spacial score (nSPS) is 20.3. The van der Waals surface area contributed by atoms with Gasteiger partial charge in [-0.25, -0.2) is 0 Å². The first-order valence-electron chi connectivity index (χ1n) is 6.03. The number of nitrogens with zero attached hydrogens (tertiary/aromatic N) is 1. The molecule has 0 amide bonds. The van der Waals surface area contributed by atoms with Crippen LogP contribution in [0.4, 0.5) is 0 Å². The van der Waals surface area contributed by atoms with Gasteiger partial charge in [0.25, 0.3) is 0 Å². The first kappa shape index (κ1) is 12.5. The lowest BCUT2D eigenvalue weighted by atomic mass is 9.95. The van der Waals surface area contributed by atoms with E-state index < -0.39 is 11.5 Å². The molecule has 0 aromatic heterocycles. The number of carboxylic acid groups (broad SMARTS) is 1. The van der Waals surface area contributed by atoms with E-state index >= 15 is 0 Å². The number of aliphatic carboxylic acids is 1. The lowest BCUT2D eigenvalue weighted by Crippen LogP contribution is -2.53. The van der Waals surface area contributed by atoms with Crippen molar-refractivity contribution in [1.29, 1.82) is 0 Å². The lowest BCUT2D eigenvalue weighted by Gasteiger charge is -2.37. The van der Waals surface area contributed by atoms with Crippen molar-refractivity contribution in [2.24, 2.45) is 5.92 Å². The number of carboxylic acids is 1. The van der Waals surface area contributed by atoms with Crippen LogP contribution in [0.1, 0.15) is 46.5 Å². The maximum absolute atomic E-state index is 11.3. The molecule has 1 aliphatic rings. The third kappa shape index (κ3) is 2.94. The minimum atomic E-state index is -0.681. The number of hydrogen-bond donors (Lipinski definition) is 1. The fourth-order valence-corrected chi connectivity index (χ4v) is 1.93. The minimum Gasteiger partial charge on any atom is -0.480 e. The van der Waals surface area contributed by atoms with E-state index in [-0.39, 0.29) is 0 Å². The van der Waals surface area contributed by atoms with Gasteiger partial charge < -0.3 is 5.11 Å². The molecule has 0 aromatic carbocycles. The summed E-state index contributed by atoms with van der Waals surface area (Å²) in [4.78, 5) is 13.5. The number of rotatable bonds is 7. The fourth-order valence-electron chi connectivity index (χ4n) is 1.93. The Hall–Kier alpha value is -0.570. The summed E-state index contributed by atoms with van der Waals surface area (Å²) in [7, 11) is 0. The van der Waals surface area contributed by atoms with E-state index in [9.17, 15) is 9.90 Å². The Bertz CT molecular complexity index is 226. The van der Waals surface area contributed by atoms with Gasteiger partial charge in [-0.05, 0) is 45.1 Å². The molecule has 0 aliphatic heterocycles. The second-order valence-electron chi connectivity index (χ2n) is 4.82. The molecule has 1 unspecified atom stereocenters. The summed E-state index contributed by atoms with van der Waals surface area (Å²) in [5, 5.41) is 9.32. The Morgan fingerprint density at radius 3 is 2.40 bits per heavy atom. The molecule has 1 N–H and O–H groups in total. The van der Waals surface area contributed by atoms with Crippen LogP contribution in [-0.2, 0) is 4.79 Å². The van der Waals surface area contributed by atoms with Crippen molar-refractivity contribution < 1.29 is 9.90 Å². The van der Waals surface area contributed by atoms with E-state index in [2.05, 4.69) is 11.8 Å². The van der Waals surface area contributed by atoms with Gasteiger partial charge in [0, 0.05) is 6.54 Å². The average Bonchev–Trinajstić information content (AvgIpc) is 2.99. The zero-order chi connectivity index (χ0) is 11.5. The Kier molecular flexibility index (Phi) is 4.14. The first-order chi connectivity index (χ1) is 7.04. The minimum absolute atomic E-state index is 0.668. The van der Waals surface area contributed by atoms with E-state index in [1.165, 1.54) is 12.8 Å². The van der Waals surface area contributed by atoms with Gasteiger partial charge in [0.15, 0.2) is 0 Å². The molecule has 0 aromatic rings. The summed E-state index contributed by atoms with van der Waals surface area (Å²) < 4.78 is 0. The van der Waals surface area contributed by atoms with E-state index in [4.69, 9.17) is 0 Å². The highest BCUT2D eigenvalue weighted by Crippen LogP contribution is 2.33. The van der Waals surface area contributed by atoms with E-state index in [0.29, 0.717) is 6.42 Å². The van der Waals surface area contributed by atoms with Crippen molar-refractivity contribution in [2.45, 2.75) is 52.0 Å². The zero-order valence-corrected chi connectivity index (χ0v) is 10.1. The quantitative estimate of drug-likeness (QED) is 0.705. The van der Waals surface area contributed by atoms with Gasteiger partial charge in [-0.2, -0.15) is 0 Å². The Morgan fingerprint density at radius 1 is 1.47 bits per heavy atom. The predicted molar refractivity (Wildman–Crippen MR) is 60.9 cm³/mol. The predicted octanol–water partition coefficient (Wildman–Crippen LogP) is 2.36. The van der Waals surface area contributed by atoms with Gasteiger partial charge in [0.05, 0.1) is 0 Å². The largest absolute Gasteiger partial charge is 0.480 e. The van der Waals surface area contributed by atoms with Crippen LogP contribution in [0.3, 0.4) is 0 Å². The van der Waals surface area contributed by atoms with Gasteiger partial charge in [-0.1, -0.05) is 13.8 Å². The van der Waals surface area contributed by atoms with Gasteiger partial charge in [0.1, 0.15) is 5.54 Å². The van der Waals surface area contributed by atoms with Crippen LogP contribution in [0.15, 0.2) is 0 Å². The average molecular weight is 213 g/mol. The number of carbonyl (C=O) groups is 1. The molecule has 0 radical (unpaired) electrons. The lowest BCUT2D eigenvalue weighted by molar-refractivity contribution is -0.151. The topological polar surface area (TPSA) is 40.5 Å². The summed E-state index contributed by atoms with van der Waals surface area (Å²) in [6, 6.07) is 0. The molecule has 0 bridgehead atoms. The molecule has 3 heteroatoms. The van der Waals surface area contributed by atoms with Crippen LogP contribution in [0.25, 0.3) is 0 Å². The fraction of sp³-hybridized carbons (Fsp3) is 0.917. The van der Waals surface area contributed by atoms with Crippen molar-refractivity contribution in [1.82, 2.24) is 4.90 Å². The van der Waals surface area contributed by atoms with Crippen molar-refractivity contribution in [3.8, 4) is 0 Å². The van der Waals surface area contributed by atoms with Crippen LogP contribution in [-0.4, -0.2) is 34.6 Å². The Balaban J connectivity index is 2.68. The standard InChI is InChI=1S/C12H23NO2/c1-4-8-13(9-10-6-7-10)12(3,5-2)11(14)15/h10H,4-9H2,1-3H3,(H,14,15). The smallest absolute Gasteiger partial charge is 0.323 e. The second-order valence-corrected chi connectivity index (χ2v) is 4.82. The van der Waals surface area contributed by atoms with Gasteiger partial charge in [0.2, 0.25) is 0 Å². The van der Waals surface area contributed by atoms with Crippen molar-refractivity contribution in [2.75, 3.05) is 13.1 Å². The molecular formula is C12H23NO2. The van der Waals surface area contributed by atoms with Crippen LogP contribution >= 0.6 is 0 Å². The molecule has 1 atom stereocenters. The molecule has 88 valence electrons. The molecular weight excluding hydrogens is 190 g/mol. The third-order valence-corrected chi connectivity index (χ3v) is 3.52. The summed E-state index contributed by atoms with van der Waals surface area (Å²) in [6.45, 7) is 7.78. The maximum Gasteiger partial charge on any atom is 0.323 e. The monoisotopic (exact) mass is 213 g/mol. The first-order valence-corrected chi connectivity index (χ1v) is 6.03. The Morgan fingerprint density at radius 2 is 2.07 bits per heavy atom. The SMILES string of the molecule is CCCN(CC1CC1)C(C)(CC)C(=O)O. The van der Waals surface area contributed by atoms with Crippen molar-refractivity contribution in [3.63, 3.8) is 0 Å². The van der Waals surface area contributed by atoms with Crippen molar-refractivity contribution in [3.05, 3.63) is 0 Å². The van der Waals surface area contributed by atoms with Crippen LogP contribution in [0, 0.1) is 5.92 Å². The molecule has 1 aliphatic carbocycles. The molecule has 1 saturated carbocycles. The highest BCUT2D eigenvalue weighted by atomic mass is 16.4. The van der Waals surface area contributed by atoms with E-state index in [1.54, 1.807) is 0 Å². The summed E-state index contributed by atoms with van der Waals surface area (Å²) in [5.74, 6) is 0.0703. The second kappa shape index (κ2) is 4.97. The van der Waals surface area contributed by atoms with Crippen LogP contribution in [0.5, 0.6) is 0 Å². The molecule has 0 heterocycles. The van der Waals surface area contributed by atoms with Crippen LogP contribution in [0.2, 0.25) is 0 Å². The Labute approximate surface area is 92.5 Å². The van der Waals surface area contributed by atoms with Crippen LogP contribution < -0.4 is 0 Å². The summed E-state index contributed by atoms with van der Waals surface area (Å²) in [5.41, 5.74) is -0.668. The summed E-state index contributed by atoms with van der Waals surface area (Å²) >= 11 is 0. The van der Waals surface area contributed by atoms with Gasteiger partial charge in [-0.3, -0.25) is 9.69 Å². The molecule has 1 fully saturated rings.